The standard InChI is InChI=1S/C16H17N3O3S/c17-15(20)13(19-16(21)14-8-4-5-10-18-14)9-11-23(22)12-6-2-1-3-7-12/h1-8,10,13H,9,11H2,(H2,17,20)(H,19,21)/t13-,23-/m0/s1. The van der Waals surface area contributed by atoms with Gasteiger partial charge in [-0.2, -0.15) is 0 Å². The first kappa shape index (κ1) is 16.8. The van der Waals surface area contributed by atoms with Crippen molar-refractivity contribution in [3.05, 3.63) is 60.4 Å². The maximum atomic E-state index is 12.2. The van der Waals surface area contributed by atoms with Crippen LogP contribution in [0, 0.1) is 0 Å². The van der Waals surface area contributed by atoms with Crippen LogP contribution < -0.4 is 11.1 Å². The number of nitrogens with zero attached hydrogens (tertiary/aromatic N) is 1. The van der Waals surface area contributed by atoms with E-state index in [1.54, 1.807) is 36.4 Å². The summed E-state index contributed by atoms with van der Waals surface area (Å²) in [6.07, 6.45) is 1.67. The molecular weight excluding hydrogens is 314 g/mol. The van der Waals surface area contributed by atoms with Gasteiger partial charge in [0, 0.05) is 16.8 Å². The summed E-state index contributed by atoms with van der Waals surface area (Å²) in [6.45, 7) is 0. The number of carbonyl (C=O) groups excluding carboxylic acids is 2. The Labute approximate surface area is 136 Å². The second kappa shape index (κ2) is 8.19. The highest BCUT2D eigenvalue weighted by Crippen LogP contribution is 2.08. The number of nitrogens with two attached hydrogens (primary N) is 1. The number of aromatic nitrogens is 1. The molecule has 23 heavy (non-hydrogen) atoms. The van der Waals surface area contributed by atoms with Crippen molar-refractivity contribution < 1.29 is 13.8 Å². The lowest BCUT2D eigenvalue weighted by atomic mass is 10.2. The van der Waals surface area contributed by atoms with Gasteiger partial charge in [0.25, 0.3) is 5.91 Å². The Hall–Kier alpha value is -2.54. The summed E-state index contributed by atoms with van der Waals surface area (Å²) in [5, 5.41) is 2.53. The predicted molar refractivity (Wildman–Crippen MR) is 87.0 cm³/mol. The van der Waals surface area contributed by atoms with Gasteiger partial charge in [-0.1, -0.05) is 24.3 Å². The predicted octanol–water partition coefficient (Wildman–Crippen LogP) is 0.863. The number of primary amides is 1. The van der Waals surface area contributed by atoms with Gasteiger partial charge in [0.05, 0.1) is 10.8 Å². The minimum atomic E-state index is -1.25. The summed E-state index contributed by atoms with van der Waals surface area (Å²) in [6, 6.07) is 12.9. The first-order valence-corrected chi connectivity index (χ1v) is 8.34. The monoisotopic (exact) mass is 331 g/mol. The maximum Gasteiger partial charge on any atom is 0.270 e. The van der Waals surface area contributed by atoms with Crippen LogP contribution in [0.25, 0.3) is 0 Å². The molecule has 2 rings (SSSR count). The van der Waals surface area contributed by atoms with Gasteiger partial charge in [0.2, 0.25) is 5.91 Å². The van der Waals surface area contributed by atoms with E-state index in [-0.39, 0.29) is 17.9 Å². The molecule has 0 spiro atoms. The maximum absolute atomic E-state index is 12.2. The van der Waals surface area contributed by atoms with Crippen LogP contribution in [0.15, 0.2) is 59.6 Å². The third-order valence-electron chi connectivity index (χ3n) is 3.14. The van der Waals surface area contributed by atoms with Crippen molar-refractivity contribution in [2.24, 2.45) is 5.73 Å². The first-order chi connectivity index (χ1) is 11.1. The number of nitrogens with one attached hydrogen (secondary N) is 1. The fourth-order valence-electron chi connectivity index (χ4n) is 1.93. The van der Waals surface area contributed by atoms with Crippen LogP contribution >= 0.6 is 0 Å². The molecule has 0 unspecified atom stereocenters. The topological polar surface area (TPSA) is 102 Å². The molecular formula is C16H17N3O3S. The number of amides is 2. The Morgan fingerprint density at radius 1 is 1.13 bits per heavy atom. The Bertz CT molecular complexity index is 692. The number of benzene rings is 1. The molecule has 0 saturated carbocycles. The fraction of sp³-hybridized carbons (Fsp3) is 0.188. The van der Waals surface area contributed by atoms with Crippen LogP contribution in [-0.2, 0) is 15.6 Å². The van der Waals surface area contributed by atoms with E-state index in [2.05, 4.69) is 10.3 Å². The SMILES string of the molecule is NC(=O)[C@H](CC[S@](=O)c1ccccc1)NC(=O)c1ccccn1. The van der Waals surface area contributed by atoms with Crippen molar-refractivity contribution in [3.8, 4) is 0 Å². The van der Waals surface area contributed by atoms with E-state index in [1.165, 1.54) is 12.3 Å². The Kier molecular flexibility index (Phi) is 5.99. The normalized spacial score (nSPS) is 13.0. The molecule has 2 aromatic rings. The van der Waals surface area contributed by atoms with E-state index in [0.29, 0.717) is 4.90 Å². The Morgan fingerprint density at radius 3 is 2.43 bits per heavy atom. The molecule has 0 aliphatic heterocycles. The summed E-state index contributed by atoms with van der Waals surface area (Å²) in [5.74, 6) is -0.931. The second-order valence-corrected chi connectivity index (χ2v) is 6.37. The van der Waals surface area contributed by atoms with E-state index in [9.17, 15) is 13.8 Å². The van der Waals surface area contributed by atoms with Crippen LogP contribution in [0.1, 0.15) is 16.9 Å². The molecule has 120 valence electrons. The molecule has 7 heteroatoms. The molecule has 0 saturated heterocycles. The summed E-state index contributed by atoms with van der Waals surface area (Å²) in [4.78, 5) is 28.1. The van der Waals surface area contributed by atoms with Crippen molar-refractivity contribution in [2.45, 2.75) is 17.4 Å². The lowest BCUT2D eigenvalue weighted by Gasteiger charge is -2.15. The third-order valence-corrected chi connectivity index (χ3v) is 4.55. The number of carbonyl (C=O) groups is 2. The lowest BCUT2D eigenvalue weighted by molar-refractivity contribution is -0.119. The molecule has 1 aromatic heterocycles. The summed E-state index contributed by atoms with van der Waals surface area (Å²) < 4.78 is 12.2. The molecule has 0 bridgehead atoms. The zero-order chi connectivity index (χ0) is 16.7. The summed E-state index contributed by atoms with van der Waals surface area (Å²) in [5.41, 5.74) is 5.51. The van der Waals surface area contributed by atoms with Gasteiger partial charge in [-0.25, -0.2) is 0 Å². The van der Waals surface area contributed by atoms with Gasteiger partial charge >= 0.3 is 0 Å². The van der Waals surface area contributed by atoms with Gasteiger partial charge in [-0.15, -0.1) is 0 Å². The van der Waals surface area contributed by atoms with Crippen molar-refractivity contribution in [2.75, 3.05) is 5.75 Å². The van der Waals surface area contributed by atoms with Gasteiger partial charge in [-0.3, -0.25) is 18.8 Å². The van der Waals surface area contributed by atoms with Crippen LogP contribution in [-0.4, -0.2) is 32.8 Å². The average molecular weight is 331 g/mol. The van der Waals surface area contributed by atoms with E-state index >= 15 is 0 Å². The quantitative estimate of drug-likeness (QED) is 0.785. The van der Waals surface area contributed by atoms with Crippen molar-refractivity contribution in [1.82, 2.24) is 10.3 Å². The van der Waals surface area contributed by atoms with Gasteiger partial charge < -0.3 is 11.1 Å². The molecule has 0 aliphatic carbocycles. The zero-order valence-electron chi connectivity index (χ0n) is 12.3. The molecule has 2 amide bonds. The summed E-state index contributed by atoms with van der Waals surface area (Å²) >= 11 is 0. The highest BCUT2D eigenvalue weighted by atomic mass is 32.2. The molecule has 3 N–H and O–H groups in total. The average Bonchev–Trinajstić information content (AvgIpc) is 2.59. The molecule has 1 heterocycles. The van der Waals surface area contributed by atoms with E-state index < -0.39 is 28.7 Å². The highest BCUT2D eigenvalue weighted by molar-refractivity contribution is 7.85. The largest absolute Gasteiger partial charge is 0.368 e. The number of rotatable bonds is 7. The second-order valence-electron chi connectivity index (χ2n) is 4.79. The molecule has 0 radical (unpaired) electrons. The number of hydrogen-bond acceptors (Lipinski definition) is 4. The Balaban J connectivity index is 1.96. The molecule has 1 aromatic carbocycles. The molecule has 2 atom stereocenters. The fourth-order valence-corrected chi connectivity index (χ4v) is 3.08. The highest BCUT2D eigenvalue weighted by Gasteiger charge is 2.20. The minimum absolute atomic E-state index is 0.190. The van der Waals surface area contributed by atoms with Gasteiger partial charge in [-0.05, 0) is 30.7 Å². The minimum Gasteiger partial charge on any atom is -0.368 e. The van der Waals surface area contributed by atoms with Crippen LogP contribution in [0.4, 0.5) is 0 Å². The zero-order valence-corrected chi connectivity index (χ0v) is 13.2. The summed E-state index contributed by atoms with van der Waals surface area (Å²) in [7, 11) is -1.25. The molecule has 6 nitrogen and oxygen atoms in total. The third kappa shape index (κ3) is 5.00. The smallest absolute Gasteiger partial charge is 0.270 e. The van der Waals surface area contributed by atoms with Crippen molar-refractivity contribution >= 4 is 22.6 Å². The molecule has 0 aliphatic rings. The van der Waals surface area contributed by atoms with Gasteiger partial charge in [0.15, 0.2) is 0 Å². The van der Waals surface area contributed by atoms with E-state index in [4.69, 9.17) is 5.73 Å². The Morgan fingerprint density at radius 2 is 1.83 bits per heavy atom. The van der Waals surface area contributed by atoms with E-state index in [1.807, 2.05) is 6.07 Å². The first-order valence-electron chi connectivity index (χ1n) is 7.02. The van der Waals surface area contributed by atoms with Gasteiger partial charge in [0.1, 0.15) is 11.7 Å². The van der Waals surface area contributed by atoms with Crippen molar-refractivity contribution in [1.29, 1.82) is 0 Å². The number of hydrogen-bond donors (Lipinski definition) is 2. The van der Waals surface area contributed by atoms with Crippen LogP contribution in [0.2, 0.25) is 0 Å². The number of pyridine rings is 1. The van der Waals surface area contributed by atoms with Crippen LogP contribution in [0.5, 0.6) is 0 Å². The van der Waals surface area contributed by atoms with Crippen molar-refractivity contribution in [3.63, 3.8) is 0 Å². The van der Waals surface area contributed by atoms with E-state index in [0.717, 1.165) is 0 Å². The molecule has 0 fully saturated rings. The van der Waals surface area contributed by atoms with Crippen LogP contribution in [0.3, 0.4) is 0 Å². The lowest BCUT2D eigenvalue weighted by Crippen LogP contribution is -2.45.